The van der Waals surface area contributed by atoms with Crippen LogP contribution < -0.4 is 14.2 Å². The smallest absolute Gasteiger partial charge is 0.251 e. The Balaban J connectivity index is 1.78. The fourth-order valence-electron chi connectivity index (χ4n) is 2.50. The van der Waals surface area contributed by atoms with E-state index in [1.165, 1.54) is 0 Å². The minimum Gasteiger partial charge on any atom is -0.493 e. The summed E-state index contributed by atoms with van der Waals surface area (Å²) in [5.41, 5.74) is 0. The third kappa shape index (κ3) is 4.05. The molecule has 1 heterocycles. The van der Waals surface area contributed by atoms with Gasteiger partial charge < -0.3 is 23.8 Å². The van der Waals surface area contributed by atoms with Gasteiger partial charge in [-0.05, 0) is 25.2 Å². The number of ether oxygens (including phenoxy) is 4. The van der Waals surface area contributed by atoms with Crippen LogP contribution in [0, 0.1) is 0 Å². The third-order valence-corrected chi connectivity index (χ3v) is 3.95. The Bertz CT molecular complexity index is 476. The van der Waals surface area contributed by atoms with E-state index < -0.39 is 5.79 Å². The Morgan fingerprint density at radius 1 is 1.14 bits per heavy atom. The first-order valence-electron chi connectivity index (χ1n) is 7.97. The quantitative estimate of drug-likeness (QED) is 0.656. The van der Waals surface area contributed by atoms with Gasteiger partial charge in [-0.25, -0.2) is 0 Å². The first-order valence-corrected chi connectivity index (χ1v) is 7.97. The maximum atomic E-state index is 5.95. The maximum Gasteiger partial charge on any atom is 0.251 e. The molecule has 1 aromatic rings. The molecule has 0 radical (unpaired) electrons. The summed E-state index contributed by atoms with van der Waals surface area (Å²) in [7, 11) is 1.63. The molecule has 0 N–H and O–H groups in total. The Labute approximate surface area is 133 Å². The van der Waals surface area contributed by atoms with Gasteiger partial charge >= 0.3 is 0 Å². The van der Waals surface area contributed by atoms with E-state index in [1.807, 2.05) is 25.1 Å². The molecular weight excluding hydrogens is 282 g/mol. The van der Waals surface area contributed by atoms with Crippen LogP contribution in [0.25, 0.3) is 0 Å². The molecule has 1 unspecified atom stereocenters. The molecule has 1 atom stereocenters. The van der Waals surface area contributed by atoms with Gasteiger partial charge in [-0.2, -0.15) is 0 Å². The molecule has 124 valence electrons. The molecular formula is C17H27NO4. The molecule has 0 fully saturated rings. The normalized spacial score (nSPS) is 19.7. The summed E-state index contributed by atoms with van der Waals surface area (Å²) in [5, 5.41) is 0. The first kappa shape index (κ1) is 16.9. The number of hydrogen-bond donors (Lipinski definition) is 0. The summed E-state index contributed by atoms with van der Waals surface area (Å²) in [4.78, 5) is 2.34. The lowest BCUT2D eigenvalue weighted by Crippen LogP contribution is -2.36. The van der Waals surface area contributed by atoms with E-state index >= 15 is 0 Å². The Kier molecular flexibility index (Phi) is 5.91. The van der Waals surface area contributed by atoms with Gasteiger partial charge in [0, 0.05) is 19.9 Å². The standard InChI is InChI=1S/C17H27NO4/c1-5-18(6-2)11-13-20-12-10-17(3)21-15-9-7-8-14(19-4)16(15)22-17/h7-9H,5-6,10-13H2,1-4H3. The van der Waals surface area contributed by atoms with Crippen molar-refractivity contribution in [2.24, 2.45) is 0 Å². The zero-order valence-corrected chi connectivity index (χ0v) is 14.1. The summed E-state index contributed by atoms with van der Waals surface area (Å²) in [5.74, 6) is 1.41. The van der Waals surface area contributed by atoms with Crippen molar-refractivity contribution in [2.45, 2.75) is 33.0 Å². The molecule has 1 aromatic carbocycles. The zero-order chi connectivity index (χ0) is 16.0. The van der Waals surface area contributed by atoms with Crippen molar-refractivity contribution in [3.05, 3.63) is 18.2 Å². The summed E-state index contributed by atoms with van der Waals surface area (Å²) in [6.45, 7) is 10.7. The molecule has 5 nitrogen and oxygen atoms in total. The number of methoxy groups -OCH3 is 1. The number of nitrogens with zero attached hydrogens (tertiary/aromatic N) is 1. The predicted molar refractivity (Wildman–Crippen MR) is 85.9 cm³/mol. The number of para-hydroxylation sites is 1. The number of benzene rings is 1. The zero-order valence-electron chi connectivity index (χ0n) is 14.1. The Morgan fingerprint density at radius 2 is 1.91 bits per heavy atom. The van der Waals surface area contributed by atoms with Crippen molar-refractivity contribution in [3.63, 3.8) is 0 Å². The number of fused-ring (bicyclic) bond motifs is 1. The second-order valence-electron chi connectivity index (χ2n) is 5.51. The van der Waals surface area contributed by atoms with Gasteiger partial charge in [-0.15, -0.1) is 0 Å². The fourth-order valence-corrected chi connectivity index (χ4v) is 2.50. The molecule has 0 saturated heterocycles. The highest BCUT2D eigenvalue weighted by Gasteiger charge is 2.38. The number of hydrogen-bond acceptors (Lipinski definition) is 5. The molecule has 5 heteroatoms. The van der Waals surface area contributed by atoms with Crippen molar-refractivity contribution in [2.75, 3.05) is 40.0 Å². The third-order valence-electron chi connectivity index (χ3n) is 3.95. The van der Waals surface area contributed by atoms with Crippen LogP contribution in [0.5, 0.6) is 17.2 Å². The van der Waals surface area contributed by atoms with Crippen molar-refractivity contribution >= 4 is 0 Å². The highest BCUT2D eigenvalue weighted by Crippen LogP contribution is 2.46. The van der Waals surface area contributed by atoms with Crippen LogP contribution in [0.4, 0.5) is 0 Å². The molecule has 0 bridgehead atoms. The van der Waals surface area contributed by atoms with Gasteiger partial charge in [0.1, 0.15) is 0 Å². The lowest BCUT2D eigenvalue weighted by Gasteiger charge is -2.23. The minimum absolute atomic E-state index is 0.605. The monoisotopic (exact) mass is 309 g/mol. The topological polar surface area (TPSA) is 40.2 Å². The van der Waals surface area contributed by atoms with Gasteiger partial charge in [0.15, 0.2) is 11.5 Å². The second kappa shape index (κ2) is 7.70. The second-order valence-corrected chi connectivity index (χ2v) is 5.51. The summed E-state index contributed by atoms with van der Waals surface area (Å²) >= 11 is 0. The van der Waals surface area contributed by atoms with E-state index in [9.17, 15) is 0 Å². The van der Waals surface area contributed by atoms with E-state index in [4.69, 9.17) is 18.9 Å². The van der Waals surface area contributed by atoms with E-state index in [0.717, 1.165) is 32.0 Å². The van der Waals surface area contributed by atoms with Crippen molar-refractivity contribution < 1.29 is 18.9 Å². The highest BCUT2D eigenvalue weighted by atomic mass is 16.7. The Hall–Kier alpha value is -1.46. The van der Waals surface area contributed by atoms with Crippen molar-refractivity contribution in [1.29, 1.82) is 0 Å². The molecule has 0 amide bonds. The summed E-state index contributed by atoms with van der Waals surface area (Å²) in [6, 6.07) is 5.66. The van der Waals surface area contributed by atoms with Crippen LogP contribution in [-0.2, 0) is 4.74 Å². The lowest BCUT2D eigenvalue weighted by molar-refractivity contribution is -0.0847. The molecule has 0 aromatic heterocycles. The molecule has 2 rings (SSSR count). The largest absolute Gasteiger partial charge is 0.493 e. The van der Waals surface area contributed by atoms with E-state index in [1.54, 1.807) is 7.11 Å². The van der Waals surface area contributed by atoms with Crippen molar-refractivity contribution in [1.82, 2.24) is 4.90 Å². The average molecular weight is 309 g/mol. The SMILES string of the molecule is CCN(CC)CCOCCC1(C)Oc2cccc(OC)c2O1. The van der Waals surface area contributed by atoms with Crippen LogP contribution in [-0.4, -0.2) is 50.6 Å². The van der Waals surface area contributed by atoms with Gasteiger partial charge in [0.05, 0.1) is 20.3 Å². The Morgan fingerprint density at radius 3 is 2.59 bits per heavy atom. The minimum atomic E-state index is -0.688. The lowest BCUT2D eigenvalue weighted by atomic mass is 10.2. The molecule has 1 aliphatic rings. The van der Waals surface area contributed by atoms with Gasteiger partial charge in [0.25, 0.3) is 5.79 Å². The average Bonchev–Trinajstić information content (AvgIpc) is 2.87. The molecule has 0 aliphatic carbocycles. The van der Waals surface area contributed by atoms with Crippen LogP contribution >= 0.6 is 0 Å². The summed E-state index contributed by atoms with van der Waals surface area (Å²) in [6.07, 6.45) is 0.670. The van der Waals surface area contributed by atoms with E-state index in [0.29, 0.717) is 24.5 Å². The number of rotatable bonds is 9. The van der Waals surface area contributed by atoms with Gasteiger partial charge in [-0.1, -0.05) is 19.9 Å². The summed E-state index contributed by atoms with van der Waals surface area (Å²) < 4.78 is 22.9. The molecule has 0 saturated carbocycles. The van der Waals surface area contributed by atoms with Crippen LogP contribution in [0.3, 0.4) is 0 Å². The molecule has 0 spiro atoms. The predicted octanol–water partition coefficient (Wildman–Crippen LogP) is 2.93. The van der Waals surface area contributed by atoms with Crippen LogP contribution in [0.15, 0.2) is 18.2 Å². The van der Waals surface area contributed by atoms with Crippen LogP contribution in [0.1, 0.15) is 27.2 Å². The van der Waals surface area contributed by atoms with Gasteiger partial charge in [0.2, 0.25) is 5.75 Å². The van der Waals surface area contributed by atoms with Crippen LogP contribution in [0.2, 0.25) is 0 Å². The highest BCUT2D eigenvalue weighted by molar-refractivity contribution is 5.53. The maximum absolute atomic E-state index is 5.95. The van der Waals surface area contributed by atoms with Gasteiger partial charge in [-0.3, -0.25) is 0 Å². The number of likely N-dealkylation sites (N-methyl/N-ethyl adjacent to an activating group) is 1. The van der Waals surface area contributed by atoms with E-state index in [-0.39, 0.29) is 0 Å². The fraction of sp³-hybridized carbons (Fsp3) is 0.647. The van der Waals surface area contributed by atoms with Crippen molar-refractivity contribution in [3.8, 4) is 17.2 Å². The first-order chi connectivity index (χ1) is 10.6. The molecule has 22 heavy (non-hydrogen) atoms. The molecule has 1 aliphatic heterocycles. The van der Waals surface area contributed by atoms with E-state index in [2.05, 4.69) is 18.7 Å².